The molecule has 0 aliphatic heterocycles. The summed E-state index contributed by atoms with van der Waals surface area (Å²) in [6.45, 7) is 6.01. The van der Waals surface area contributed by atoms with Gasteiger partial charge in [0.1, 0.15) is 0 Å². The number of hydrogen-bond acceptors (Lipinski definition) is 4. The summed E-state index contributed by atoms with van der Waals surface area (Å²) in [5.41, 5.74) is 1.90. The van der Waals surface area contributed by atoms with Crippen molar-refractivity contribution in [2.75, 3.05) is 13.2 Å². The summed E-state index contributed by atoms with van der Waals surface area (Å²) in [6, 6.07) is 12.3. The van der Waals surface area contributed by atoms with Gasteiger partial charge < -0.3 is 9.47 Å². The monoisotopic (exact) mass is 492 g/mol. The van der Waals surface area contributed by atoms with Crippen LogP contribution < -0.4 is 9.47 Å². The van der Waals surface area contributed by atoms with Gasteiger partial charge >= 0.3 is 0 Å². The van der Waals surface area contributed by atoms with Crippen molar-refractivity contribution in [3.63, 3.8) is 0 Å². The van der Waals surface area contributed by atoms with E-state index in [0.29, 0.717) is 11.8 Å². The second-order valence-electron chi connectivity index (χ2n) is 10.1. The first-order valence-electron chi connectivity index (χ1n) is 14.8. The summed E-state index contributed by atoms with van der Waals surface area (Å²) >= 11 is 0. The minimum Gasteiger partial charge on any atom is -0.478 e. The van der Waals surface area contributed by atoms with E-state index >= 15 is 0 Å². The van der Waals surface area contributed by atoms with Crippen molar-refractivity contribution >= 4 is 21.8 Å². The van der Waals surface area contributed by atoms with Crippen LogP contribution in [0, 0.1) is 0 Å². The smallest absolute Gasteiger partial charge is 0.213 e. The summed E-state index contributed by atoms with van der Waals surface area (Å²) in [5.74, 6) is 1.42. The highest BCUT2D eigenvalue weighted by molar-refractivity contribution is 6.04. The summed E-state index contributed by atoms with van der Waals surface area (Å²) in [7, 11) is 0. The molecule has 0 unspecified atom stereocenters. The zero-order valence-corrected chi connectivity index (χ0v) is 22.9. The Morgan fingerprint density at radius 3 is 1.19 bits per heavy atom. The summed E-state index contributed by atoms with van der Waals surface area (Å²) < 4.78 is 11.9. The first-order chi connectivity index (χ1) is 17.8. The fraction of sp³-hybridized carbons (Fsp3) is 0.625. The van der Waals surface area contributed by atoms with Gasteiger partial charge in [0.25, 0.3) is 0 Å². The third-order valence-electron chi connectivity index (χ3n) is 6.98. The molecule has 0 fully saturated rings. The lowest BCUT2D eigenvalue weighted by Crippen LogP contribution is -2.00. The maximum atomic E-state index is 5.94. The van der Waals surface area contributed by atoms with E-state index in [-0.39, 0.29) is 0 Å². The Labute approximate surface area is 219 Å². The first kappa shape index (κ1) is 28.2. The van der Waals surface area contributed by atoms with E-state index in [4.69, 9.17) is 19.4 Å². The predicted molar refractivity (Wildman–Crippen MR) is 153 cm³/mol. The van der Waals surface area contributed by atoms with E-state index in [1.807, 2.05) is 24.3 Å². The molecule has 0 amide bonds. The van der Waals surface area contributed by atoms with Crippen molar-refractivity contribution in [1.29, 1.82) is 0 Å². The number of ether oxygens (including phenoxy) is 2. The molecule has 0 atom stereocenters. The molecule has 36 heavy (non-hydrogen) atoms. The minimum absolute atomic E-state index is 0.711. The predicted octanol–water partition coefficient (Wildman–Crippen LogP) is 9.82. The van der Waals surface area contributed by atoms with Gasteiger partial charge in [0.15, 0.2) is 0 Å². The van der Waals surface area contributed by atoms with Crippen molar-refractivity contribution in [3.05, 3.63) is 36.4 Å². The molecule has 2 aromatic heterocycles. The van der Waals surface area contributed by atoms with Crippen molar-refractivity contribution < 1.29 is 9.47 Å². The lowest BCUT2D eigenvalue weighted by Gasteiger charge is -2.09. The molecule has 4 heteroatoms. The average molecular weight is 493 g/mol. The minimum atomic E-state index is 0.711. The molecule has 2 heterocycles. The van der Waals surface area contributed by atoms with Crippen LogP contribution in [-0.4, -0.2) is 23.2 Å². The van der Waals surface area contributed by atoms with E-state index in [2.05, 4.69) is 26.0 Å². The fourth-order valence-corrected chi connectivity index (χ4v) is 4.77. The molecule has 4 nitrogen and oxygen atoms in total. The molecule has 0 bridgehead atoms. The Morgan fingerprint density at radius 2 is 0.806 bits per heavy atom. The van der Waals surface area contributed by atoms with Crippen molar-refractivity contribution in [1.82, 2.24) is 9.97 Å². The molecule has 0 saturated heterocycles. The van der Waals surface area contributed by atoms with Crippen LogP contribution in [0.5, 0.6) is 11.8 Å². The van der Waals surface area contributed by atoms with Crippen molar-refractivity contribution in [3.8, 4) is 11.8 Å². The molecule has 0 aliphatic carbocycles. The topological polar surface area (TPSA) is 44.2 Å². The lowest BCUT2D eigenvalue weighted by molar-refractivity contribution is 0.294. The molecular formula is C32H48N2O2. The van der Waals surface area contributed by atoms with Crippen LogP contribution in [0.4, 0.5) is 0 Å². The van der Waals surface area contributed by atoms with Crippen LogP contribution in [0.15, 0.2) is 36.4 Å². The molecule has 198 valence electrons. The molecule has 0 saturated carbocycles. The van der Waals surface area contributed by atoms with Gasteiger partial charge in [-0.15, -0.1) is 0 Å². The van der Waals surface area contributed by atoms with Gasteiger partial charge in [-0.25, -0.2) is 9.97 Å². The summed E-state index contributed by atoms with van der Waals surface area (Å²) in [4.78, 5) is 9.47. The van der Waals surface area contributed by atoms with Crippen LogP contribution >= 0.6 is 0 Å². The SMILES string of the molecule is CCCCCCCCCCOc1ccc2c(ccc3nc(OCCCCCCCCCC)ccc32)n1. The largest absolute Gasteiger partial charge is 0.478 e. The van der Waals surface area contributed by atoms with Crippen molar-refractivity contribution in [2.45, 2.75) is 117 Å². The van der Waals surface area contributed by atoms with Gasteiger partial charge in [-0.3, -0.25) is 0 Å². The van der Waals surface area contributed by atoms with E-state index in [1.165, 1.54) is 89.9 Å². The lowest BCUT2D eigenvalue weighted by atomic mass is 10.1. The number of benzene rings is 1. The normalized spacial score (nSPS) is 11.4. The fourth-order valence-electron chi connectivity index (χ4n) is 4.77. The maximum absolute atomic E-state index is 5.94. The number of hydrogen-bond donors (Lipinski definition) is 0. The highest BCUT2D eigenvalue weighted by atomic mass is 16.5. The standard InChI is InChI=1S/C32H48N2O2/c1-3-5-7-9-11-13-15-17-25-35-31-23-19-27-28-20-24-32(34-30(28)22-21-29(27)33-31)36-26-18-16-14-12-10-8-6-4-2/h19-24H,3-18,25-26H2,1-2H3. The highest BCUT2D eigenvalue weighted by Crippen LogP contribution is 2.27. The van der Waals surface area contributed by atoms with Gasteiger partial charge in [-0.1, -0.05) is 104 Å². The molecule has 0 N–H and O–H groups in total. The molecule has 1 aromatic carbocycles. The molecule has 0 radical (unpaired) electrons. The van der Waals surface area contributed by atoms with Crippen LogP contribution in [0.25, 0.3) is 21.8 Å². The van der Waals surface area contributed by atoms with Gasteiger partial charge in [0.05, 0.1) is 24.2 Å². The summed E-state index contributed by atoms with van der Waals surface area (Å²) in [6.07, 6.45) is 20.8. The van der Waals surface area contributed by atoms with Gasteiger partial charge in [-0.2, -0.15) is 0 Å². The van der Waals surface area contributed by atoms with E-state index in [0.717, 1.165) is 47.9 Å². The molecule has 0 aliphatic rings. The van der Waals surface area contributed by atoms with Gasteiger partial charge in [0.2, 0.25) is 11.8 Å². The first-order valence-corrected chi connectivity index (χ1v) is 14.8. The summed E-state index contributed by atoms with van der Waals surface area (Å²) in [5, 5.41) is 2.21. The quantitative estimate of drug-likeness (QED) is 0.116. The Balaban J connectivity index is 1.40. The Kier molecular flexibility index (Phi) is 13.4. The third-order valence-corrected chi connectivity index (χ3v) is 6.98. The van der Waals surface area contributed by atoms with Crippen LogP contribution in [-0.2, 0) is 0 Å². The van der Waals surface area contributed by atoms with Crippen LogP contribution in [0.1, 0.15) is 117 Å². The number of fused-ring (bicyclic) bond motifs is 3. The second kappa shape index (κ2) is 17.2. The number of rotatable bonds is 20. The third kappa shape index (κ3) is 9.95. The van der Waals surface area contributed by atoms with Crippen LogP contribution in [0.2, 0.25) is 0 Å². The molecule has 3 rings (SSSR count). The van der Waals surface area contributed by atoms with Gasteiger partial charge in [-0.05, 0) is 37.1 Å². The Morgan fingerprint density at radius 1 is 0.444 bits per heavy atom. The molecule has 0 spiro atoms. The van der Waals surface area contributed by atoms with E-state index in [1.54, 1.807) is 0 Å². The highest BCUT2D eigenvalue weighted by Gasteiger charge is 2.07. The van der Waals surface area contributed by atoms with E-state index in [9.17, 15) is 0 Å². The molecule has 3 aromatic rings. The van der Waals surface area contributed by atoms with E-state index < -0.39 is 0 Å². The average Bonchev–Trinajstić information content (AvgIpc) is 2.91. The number of pyridine rings is 2. The Hall–Kier alpha value is -2.36. The van der Waals surface area contributed by atoms with Crippen molar-refractivity contribution in [2.24, 2.45) is 0 Å². The molecular weight excluding hydrogens is 444 g/mol. The maximum Gasteiger partial charge on any atom is 0.213 e. The number of aromatic nitrogens is 2. The second-order valence-corrected chi connectivity index (χ2v) is 10.1. The number of unbranched alkanes of at least 4 members (excludes halogenated alkanes) is 14. The zero-order chi connectivity index (χ0) is 25.3. The van der Waals surface area contributed by atoms with Gasteiger partial charge in [0, 0.05) is 22.9 Å². The zero-order valence-electron chi connectivity index (χ0n) is 22.9. The number of nitrogens with zero attached hydrogens (tertiary/aromatic N) is 2. The van der Waals surface area contributed by atoms with Crippen LogP contribution in [0.3, 0.4) is 0 Å². The Bertz CT molecular complexity index is 923.